The van der Waals surface area contributed by atoms with Crippen LogP contribution in [0.2, 0.25) is 0 Å². The fraction of sp³-hybridized carbons (Fsp3) is 0.281. The Morgan fingerprint density at radius 1 is 0.955 bits per heavy atom. The summed E-state index contributed by atoms with van der Waals surface area (Å²) in [6, 6.07) is 19.5. The van der Waals surface area contributed by atoms with Crippen LogP contribution in [0.4, 0.5) is 5.82 Å². The lowest BCUT2D eigenvalue weighted by Crippen LogP contribution is -2.40. The number of fused-ring (bicyclic) bond motifs is 1. The summed E-state index contributed by atoms with van der Waals surface area (Å²) in [6.07, 6.45) is 5.75. The van der Waals surface area contributed by atoms with Gasteiger partial charge in [0.2, 0.25) is 11.8 Å². The highest BCUT2D eigenvalue weighted by Crippen LogP contribution is 2.35. The van der Waals surface area contributed by atoms with E-state index < -0.39 is 5.92 Å². The number of para-hydroxylation sites is 1. The summed E-state index contributed by atoms with van der Waals surface area (Å²) in [4.78, 5) is 35.1. The summed E-state index contributed by atoms with van der Waals surface area (Å²) in [6.45, 7) is 2.40. The number of nitrogen functional groups attached to an aromatic ring is 1. The first-order chi connectivity index (χ1) is 21.5. The van der Waals surface area contributed by atoms with Crippen LogP contribution in [0, 0.1) is 0 Å². The van der Waals surface area contributed by atoms with Crippen LogP contribution in [0.3, 0.4) is 0 Å². The second-order valence-corrected chi connectivity index (χ2v) is 11.2. The van der Waals surface area contributed by atoms with Gasteiger partial charge in [0, 0.05) is 31.6 Å². The molecule has 0 aliphatic carbocycles. The van der Waals surface area contributed by atoms with Crippen LogP contribution in [0.5, 0.6) is 11.5 Å². The minimum absolute atomic E-state index is 0.145. The molecule has 2 amide bonds. The van der Waals surface area contributed by atoms with Crippen molar-refractivity contribution in [2.24, 2.45) is 0 Å². The fourth-order valence-corrected chi connectivity index (χ4v) is 6.00. The summed E-state index contributed by atoms with van der Waals surface area (Å²) in [5, 5.41) is 16.5. The number of nitrogens with zero attached hydrogens (tertiary/aromatic N) is 7. The molecular weight excluding hydrogens is 558 g/mol. The maximum absolute atomic E-state index is 12.3. The van der Waals surface area contributed by atoms with Gasteiger partial charge in [-0.25, -0.2) is 14.6 Å². The Bertz CT molecular complexity index is 1820. The Labute approximate surface area is 253 Å². The van der Waals surface area contributed by atoms with E-state index in [0.29, 0.717) is 30.9 Å². The molecule has 2 fully saturated rings. The monoisotopic (exact) mass is 589 g/mol. The van der Waals surface area contributed by atoms with E-state index in [-0.39, 0.29) is 17.9 Å². The number of benzene rings is 2. The summed E-state index contributed by atoms with van der Waals surface area (Å²) < 4.78 is 7.97. The zero-order chi connectivity index (χ0) is 30.0. The molecule has 0 spiro atoms. The van der Waals surface area contributed by atoms with E-state index in [1.54, 1.807) is 6.20 Å². The molecule has 5 aromatic rings. The fourth-order valence-electron chi connectivity index (χ4n) is 6.00. The van der Waals surface area contributed by atoms with E-state index in [9.17, 15) is 9.59 Å². The maximum Gasteiger partial charge on any atom is 0.235 e. The molecule has 12 heteroatoms. The minimum atomic E-state index is -0.449. The molecule has 222 valence electrons. The lowest BCUT2D eigenvalue weighted by Gasteiger charge is -2.32. The number of hydrogen-bond donors (Lipinski definition) is 2. The highest BCUT2D eigenvalue weighted by Gasteiger charge is 2.30. The molecule has 0 radical (unpaired) electrons. The smallest absolute Gasteiger partial charge is 0.235 e. The minimum Gasteiger partial charge on any atom is -0.457 e. The van der Waals surface area contributed by atoms with Crippen molar-refractivity contribution in [2.75, 3.05) is 18.8 Å². The van der Waals surface area contributed by atoms with Crippen LogP contribution in [0.25, 0.3) is 22.3 Å². The van der Waals surface area contributed by atoms with Gasteiger partial charge in [0.15, 0.2) is 5.65 Å². The molecule has 2 aliphatic heterocycles. The van der Waals surface area contributed by atoms with Gasteiger partial charge in [-0.3, -0.25) is 19.8 Å². The van der Waals surface area contributed by atoms with Crippen LogP contribution < -0.4 is 15.8 Å². The third kappa shape index (κ3) is 5.59. The molecule has 0 bridgehead atoms. The summed E-state index contributed by atoms with van der Waals surface area (Å²) in [7, 11) is 0. The molecule has 0 saturated carbocycles. The maximum atomic E-state index is 12.3. The molecule has 7 rings (SSSR count). The number of ether oxygens (including phenoxy) is 1. The Kier molecular flexibility index (Phi) is 7.40. The molecule has 2 aromatic carbocycles. The van der Waals surface area contributed by atoms with E-state index in [4.69, 9.17) is 15.6 Å². The standard InChI is InChI=1S/C32H31N9O3/c33-30-28-29(21-6-8-24(9-7-21)44-23-4-2-1-3-5-23)39-41(31(28)35-19-34-30)22-12-14-40(15-13-22)18-20-16-26(38-36-17-20)25-10-11-27(42)37-32(25)43/h1-9,16-17,19,22,25H,10-15,18H2,(H2,33,34,35)(H,37,42,43). The molecular formula is C32H31N9O3. The normalized spacial score (nSPS) is 18.0. The predicted octanol–water partition coefficient (Wildman–Crippen LogP) is 4.02. The highest BCUT2D eigenvalue weighted by atomic mass is 16.5. The Morgan fingerprint density at radius 3 is 2.50 bits per heavy atom. The van der Waals surface area contributed by atoms with Crippen LogP contribution in [0.15, 0.2) is 73.2 Å². The molecule has 3 N–H and O–H groups in total. The number of nitrogens with one attached hydrogen (secondary N) is 1. The Balaban J connectivity index is 1.06. The van der Waals surface area contributed by atoms with Crippen molar-refractivity contribution < 1.29 is 14.3 Å². The largest absolute Gasteiger partial charge is 0.457 e. The van der Waals surface area contributed by atoms with Crippen molar-refractivity contribution in [2.45, 2.75) is 44.2 Å². The van der Waals surface area contributed by atoms with E-state index in [0.717, 1.165) is 65.3 Å². The number of carbonyl (C=O) groups is 2. The number of nitrogens with two attached hydrogens (primary N) is 1. The third-order valence-electron chi connectivity index (χ3n) is 8.26. The quantitative estimate of drug-likeness (QED) is 0.266. The number of aromatic nitrogens is 6. The van der Waals surface area contributed by atoms with Gasteiger partial charge >= 0.3 is 0 Å². The molecule has 1 atom stereocenters. The van der Waals surface area contributed by atoms with Crippen LogP contribution in [0.1, 0.15) is 48.9 Å². The van der Waals surface area contributed by atoms with Crippen molar-refractivity contribution in [3.8, 4) is 22.8 Å². The SMILES string of the molecule is Nc1ncnc2c1c(-c1ccc(Oc3ccccc3)cc1)nn2C1CCN(Cc2cnnc(C3CCC(=O)NC3=O)c2)CC1. The summed E-state index contributed by atoms with van der Waals surface area (Å²) in [5.74, 6) is 0.907. The summed E-state index contributed by atoms with van der Waals surface area (Å²) >= 11 is 0. The predicted molar refractivity (Wildman–Crippen MR) is 162 cm³/mol. The first kappa shape index (κ1) is 27.6. The number of anilines is 1. The van der Waals surface area contributed by atoms with Crippen LogP contribution in [-0.4, -0.2) is 59.7 Å². The van der Waals surface area contributed by atoms with Crippen LogP contribution >= 0.6 is 0 Å². The van der Waals surface area contributed by atoms with Gasteiger partial charge in [-0.15, -0.1) is 0 Å². The molecule has 12 nitrogen and oxygen atoms in total. The van der Waals surface area contributed by atoms with E-state index in [1.807, 2.05) is 65.3 Å². The molecule has 3 aromatic heterocycles. The van der Waals surface area contributed by atoms with Gasteiger partial charge in [-0.05, 0) is 67.3 Å². The second kappa shape index (κ2) is 11.8. The van der Waals surface area contributed by atoms with Crippen LogP contribution in [-0.2, 0) is 16.1 Å². The van der Waals surface area contributed by atoms with Crippen molar-refractivity contribution in [1.29, 1.82) is 0 Å². The van der Waals surface area contributed by atoms with Crippen molar-refractivity contribution in [3.05, 3.63) is 84.4 Å². The number of amides is 2. The van der Waals surface area contributed by atoms with E-state index in [1.165, 1.54) is 6.33 Å². The first-order valence-corrected chi connectivity index (χ1v) is 14.7. The molecule has 2 saturated heterocycles. The Morgan fingerprint density at radius 2 is 1.73 bits per heavy atom. The van der Waals surface area contributed by atoms with Gasteiger partial charge in [0.25, 0.3) is 0 Å². The molecule has 1 unspecified atom stereocenters. The average molecular weight is 590 g/mol. The lowest BCUT2D eigenvalue weighted by molar-refractivity contribution is -0.134. The van der Waals surface area contributed by atoms with Gasteiger partial charge in [0.05, 0.1) is 29.2 Å². The van der Waals surface area contributed by atoms with Gasteiger partial charge < -0.3 is 10.5 Å². The van der Waals surface area contributed by atoms with Gasteiger partial charge in [0.1, 0.15) is 29.3 Å². The Hall–Kier alpha value is -5.23. The zero-order valence-corrected chi connectivity index (χ0v) is 24.0. The lowest BCUT2D eigenvalue weighted by atomic mass is 9.94. The van der Waals surface area contributed by atoms with Gasteiger partial charge in [-0.1, -0.05) is 18.2 Å². The average Bonchev–Trinajstić information content (AvgIpc) is 3.43. The third-order valence-corrected chi connectivity index (χ3v) is 8.26. The number of likely N-dealkylation sites (tertiary alicyclic amines) is 1. The summed E-state index contributed by atoms with van der Waals surface area (Å²) in [5.41, 5.74) is 10.3. The van der Waals surface area contributed by atoms with E-state index >= 15 is 0 Å². The first-order valence-electron chi connectivity index (χ1n) is 14.7. The number of imide groups is 1. The molecule has 5 heterocycles. The number of piperidine rings is 2. The molecule has 44 heavy (non-hydrogen) atoms. The highest BCUT2D eigenvalue weighted by molar-refractivity contribution is 6.00. The second-order valence-electron chi connectivity index (χ2n) is 11.2. The van der Waals surface area contributed by atoms with Crippen molar-refractivity contribution in [3.63, 3.8) is 0 Å². The van der Waals surface area contributed by atoms with Gasteiger partial charge in [-0.2, -0.15) is 15.3 Å². The van der Waals surface area contributed by atoms with E-state index in [2.05, 4.69) is 30.4 Å². The number of hydrogen-bond acceptors (Lipinski definition) is 10. The van der Waals surface area contributed by atoms with Crippen molar-refractivity contribution in [1.82, 2.24) is 40.2 Å². The number of rotatable bonds is 7. The van der Waals surface area contributed by atoms with Crippen molar-refractivity contribution >= 4 is 28.7 Å². The topological polar surface area (TPSA) is 154 Å². The zero-order valence-electron chi connectivity index (χ0n) is 24.0. The number of carbonyl (C=O) groups excluding carboxylic acids is 2. The molecule has 2 aliphatic rings.